The zero-order valence-electron chi connectivity index (χ0n) is 9.74. The zero-order chi connectivity index (χ0) is 12.8. The Morgan fingerprint density at radius 1 is 0.778 bits per heavy atom. The van der Waals surface area contributed by atoms with E-state index in [4.69, 9.17) is 20.9 Å². The van der Waals surface area contributed by atoms with Crippen molar-refractivity contribution < 1.29 is 9.47 Å². The number of hydrogen-bond donors (Lipinski definition) is 2. The van der Waals surface area contributed by atoms with Crippen LogP contribution in [-0.2, 0) is 0 Å². The third kappa shape index (κ3) is 3.51. The summed E-state index contributed by atoms with van der Waals surface area (Å²) in [6.07, 6.45) is 3.08. The Bertz CT molecular complexity index is 437. The summed E-state index contributed by atoms with van der Waals surface area (Å²) in [5, 5.41) is 0. The molecule has 0 fully saturated rings. The summed E-state index contributed by atoms with van der Waals surface area (Å²) in [5.41, 5.74) is 12.2. The average Bonchev–Trinajstić information content (AvgIpc) is 2.39. The van der Waals surface area contributed by atoms with Crippen molar-refractivity contribution in [2.45, 2.75) is 0 Å². The smallest absolute Gasteiger partial charge is 0.213 e. The van der Waals surface area contributed by atoms with Gasteiger partial charge in [0.05, 0.1) is 23.8 Å². The molecule has 18 heavy (non-hydrogen) atoms. The van der Waals surface area contributed by atoms with E-state index in [1.54, 1.807) is 24.3 Å². The largest absolute Gasteiger partial charge is 0.474 e. The van der Waals surface area contributed by atoms with E-state index in [-0.39, 0.29) is 0 Å². The van der Waals surface area contributed by atoms with Gasteiger partial charge in [0.1, 0.15) is 13.2 Å². The monoisotopic (exact) mass is 246 g/mol. The van der Waals surface area contributed by atoms with Crippen LogP contribution in [0.4, 0.5) is 11.4 Å². The van der Waals surface area contributed by atoms with Crippen molar-refractivity contribution in [3.8, 4) is 11.8 Å². The van der Waals surface area contributed by atoms with Crippen molar-refractivity contribution >= 4 is 11.4 Å². The number of ether oxygens (including phenoxy) is 2. The maximum atomic E-state index is 5.51. The molecule has 4 N–H and O–H groups in total. The van der Waals surface area contributed by atoms with Crippen LogP contribution in [0, 0.1) is 0 Å². The Hall–Kier alpha value is -2.50. The molecule has 6 nitrogen and oxygen atoms in total. The van der Waals surface area contributed by atoms with Crippen LogP contribution in [0.5, 0.6) is 11.8 Å². The number of nitrogens with two attached hydrogens (primary N) is 2. The molecule has 0 radical (unpaired) electrons. The summed E-state index contributed by atoms with van der Waals surface area (Å²) in [6.45, 7) is 0.756. The summed E-state index contributed by atoms with van der Waals surface area (Å²) < 4.78 is 10.7. The molecule has 6 heteroatoms. The van der Waals surface area contributed by atoms with Crippen molar-refractivity contribution in [3.63, 3.8) is 0 Å². The lowest BCUT2D eigenvalue weighted by Gasteiger charge is -2.07. The number of aromatic nitrogens is 2. The fourth-order valence-corrected chi connectivity index (χ4v) is 1.25. The minimum absolute atomic E-state index is 0.378. The summed E-state index contributed by atoms with van der Waals surface area (Å²) in [4.78, 5) is 8.00. The fraction of sp³-hybridized carbons (Fsp3) is 0.167. The molecule has 0 spiro atoms. The zero-order valence-corrected chi connectivity index (χ0v) is 9.74. The summed E-state index contributed by atoms with van der Waals surface area (Å²) in [7, 11) is 0. The van der Waals surface area contributed by atoms with Crippen molar-refractivity contribution in [1.82, 2.24) is 9.97 Å². The van der Waals surface area contributed by atoms with Gasteiger partial charge in [0.2, 0.25) is 11.8 Å². The van der Waals surface area contributed by atoms with Gasteiger partial charge >= 0.3 is 0 Å². The quantitative estimate of drug-likeness (QED) is 0.767. The van der Waals surface area contributed by atoms with E-state index >= 15 is 0 Å². The number of nitrogens with zero attached hydrogens (tertiary/aromatic N) is 2. The number of nitrogen functional groups attached to an aromatic ring is 2. The molecule has 0 aliphatic rings. The lowest BCUT2D eigenvalue weighted by atomic mass is 10.4. The van der Waals surface area contributed by atoms with Crippen LogP contribution in [0.25, 0.3) is 0 Å². The van der Waals surface area contributed by atoms with E-state index < -0.39 is 0 Å². The van der Waals surface area contributed by atoms with E-state index in [0.29, 0.717) is 36.3 Å². The number of anilines is 2. The highest BCUT2D eigenvalue weighted by Gasteiger charge is 1.97. The summed E-state index contributed by atoms with van der Waals surface area (Å²) in [6, 6.07) is 6.86. The lowest BCUT2D eigenvalue weighted by molar-refractivity contribution is 0.207. The predicted octanol–water partition coefficient (Wildman–Crippen LogP) is 1.10. The highest BCUT2D eigenvalue weighted by Crippen LogP contribution is 2.10. The standard InChI is InChI=1S/C12H14N4O2/c13-9-1-3-11(15-7-9)17-5-6-18-12-4-2-10(14)8-16-12/h1-4,7-8H,5-6,13-14H2. The van der Waals surface area contributed by atoms with E-state index in [9.17, 15) is 0 Å². The molecule has 2 rings (SSSR count). The third-order valence-corrected chi connectivity index (χ3v) is 2.10. The Morgan fingerprint density at radius 2 is 1.22 bits per heavy atom. The molecule has 0 aliphatic carbocycles. The van der Waals surface area contributed by atoms with E-state index in [0.717, 1.165) is 0 Å². The van der Waals surface area contributed by atoms with E-state index in [2.05, 4.69) is 9.97 Å². The second-order valence-corrected chi connectivity index (χ2v) is 3.56. The molecule has 0 atom stereocenters. The first-order valence-electron chi connectivity index (χ1n) is 5.43. The molecule has 2 aromatic rings. The molecule has 0 aromatic carbocycles. The molecule has 0 unspecified atom stereocenters. The minimum atomic E-state index is 0.378. The SMILES string of the molecule is Nc1ccc(OCCOc2ccc(N)cn2)nc1. The van der Waals surface area contributed by atoms with Crippen LogP contribution in [0.1, 0.15) is 0 Å². The molecule has 0 bridgehead atoms. The van der Waals surface area contributed by atoms with Crippen molar-refractivity contribution in [3.05, 3.63) is 36.7 Å². The van der Waals surface area contributed by atoms with Crippen LogP contribution in [0.15, 0.2) is 36.7 Å². The summed E-state index contributed by atoms with van der Waals surface area (Å²) in [5.74, 6) is 1.02. The van der Waals surface area contributed by atoms with Crippen LogP contribution < -0.4 is 20.9 Å². The molecule has 94 valence electrons. The third-order valence-electron chi connectivity index (χ3n) is 2.10. The highest BCUT2D eigenvalue weighted by atomic mass is 16.5. The van der Waals surface area contributed by atoms with E-state index in [1.807, 2.05) is 0 Å². The van der Waals surface area contributed by atoms with Gasteiger partial charge in [-0.15, -0.1) is 0 Å². The predicted molar refractivity (Wildman–Crippen MR) is 68.3 cm³/mol. The molecule has 0 amide bonds. The molecule has 0 saturated carbocycles. The first-order chi connectivity index (χ1) is 8.74. The molecule has 2 heterocycles. The van der Waals surface area contributed by atoms with Gasteiger partial charge in [-0.2, -0.15) is 0 Å². The lowest BCUT2D eigenvalue weighted by Crippen LogP contribution is -2.10. The minimum Gasteiger partial charge on any atom is -0.474 e. The summed E-state index contributed by atoms with van der Waals surface area (Å²) >= 11 is 0. The molecular formula is C12H14N4O2. The van der Waals surface area contributed by atoms with Gasteiger partial charge < -0.3 is 20.9 Å². The Labute approximate surface area is 105 Å². The Morgan fingerprint density at radius 3 is 1.56 bits per heavy atom. The van der Waals surface area contributed by atoms with Gasteiger partial charge in [-0.25, -0.2) is 9.97 Å². The number of pyridine rings is 2. The van der Waals surface area contributed by atoms with Crippen molar-refractivity contribution in [2.75, 3.05) is 24.7 Å². The molecular weight excluding hydrogens is 232 g/mol. The second-order valence-electron chi connectivity index (χ2n) is 3.56. The van der Waals surface area contributed by atoms with Crippen LogP contribution in [-0.4, -0.2) is 23.2 Å². The first kappa shape index (κ1) is 12.0. The van der Waals surface area contributed by atoms with Crippen LogP contribution in [0.2, 0.25) is 0 Å². The molecule has 0 aliphatic heterocycles. The second kappa shape index (κ2) is 5.72. The first-order valence-corrected chi connectivity index (χ1v) is 5.43. The Balaban J connectivity index is 1.73. The van der Waals surface area contributed by atoms with Gasteiger partial charge in [-0.3, -0.25) is 0 Å². The fourth-order valence-electron chi connectivity index (χ4n) is 1.25. The molecule has 2 aromatic heterocycles. The average molecular weight is 246 g/mol. The van der Waals surface area contributed by atoms with Crippen LogP contribution >= 0.6 is 0 Å². The van der Waals surface area contributed by atoms with Crippen LogP contribution in [0.3, 0.4) is 0 Å². The van der Waals surface area contributed by atoms with Gasteiger partial charge in [0, 0.05) is 12.1 Å². The number of rotatable bonds is 5. The normalized spacial score (nSPS) is 10.0. The molecule has 0 saturated heterocycles. The van der Waals surface area contributed by atoms with E-state index in [1.165, 1.54) is 12.4 Å². The van der Waals surface area contributed by atoms with Gasteiger partial charge in [-0.1, -0.05) is 0 Å². The number of hydrogen-bond acceptors (Lipinski definition) is 6. The Kier molecular flexibility index (Phi) is 3.80. The van der Waals surface area contributed by atoms with Gasteiger partial charge in [-0.05, 0) is 12.1 Å². The maximum Gasteiger partial charge on any atom is 0.213 e. The van der Waals surface area contributed by atoms with Gasteiger partial charge in [0.25, 0.3) is 0 Å². The maximum absolute atomic E-state index is 5.51. The topological polar surface area (TPSA) is 96.3 Å². The van der Waals surface area contributed by atoms with Gasteiger partial charge in [0.15, 0.2) is 0 Å². The van der Waals surface area contributed by atoms with Crippen molar-refractivity contribution in [2.24, 2.45) is 0 Å². The van der Waals surface area contributed by atoms with Crippen molar-refractivity contribution in [1.29, 1.82) is 0 Å². The highest BCUT2D eigenvalue weighted by molar-refractivity contribution is 5.36.